The van der Waals surface area contributed by atoms with Crippen LogP contribution in [0.3, 0.4) is 0 Å². The summed E-state index contributed by atoms with van der Waals surface area (Å²) in [6.45, 7) is 1.76. The second-order valence-corrected chi connectivity index (χ2v) is 5.14. The van der Waals surface area contributed by atoms with Gasteiger partial charge in [0.15, 0.2) is 0 Å². The van der Waals surface area contributed by atoms with Crippen LogP contribution < -0.4 is 0 Å². The number of carbonyl (C=O) groups is 1. The number of hydrogen-bond donors (Lipinski definition) is 0. The first kappa shape index (κ1) is 13.7. The van der Waals surface area contributed by atoms with Gasteiger partial charge in [0.1, 0.15) is 0 Å². The standard InChI is InChI=1S/C13H15ClN4O/c14-12-3-1-2-10(6-12)4-5-18-9-11(7-13(18)19)8-16-17-15/h1-3,6,11H,4-5,7-9H2. The molecule has 1 aromatic carbocycles. The van der Waals surface area contributed by atoms with Crippen LogP contribution in [-0.4, -0.2) is 30.4 Å². The third-order valence-corrected chi connectivity index (χ3v) is 3.49. The lowest BCUT2D eigenvalue weighted by Crippen LogP contribution is -2.27. The number of likely N-dealkylation sites (tertiary alicyclic amines) is 1. The van der Waals surface area contributed by atoms with Crippen LogP contribution in [-0.2, 0) is 11.2 Å². The molecule has 19 heavy (non-hydrogen) atoms. The molecule has 1 fully saturated rings. The molecule has 1 heterocycles. The SMILES string of the molecule is [N-]=[N+]=NCC1CC(=O)N(CCc2cccc(Cl)c2)C1. The van der Waals surface area contributed by atoms with Crippen molar-refractivity contribution in [3.8, 4) is 0 Å². The van der Waals surface area contributed by atoms with E-state index in [1.54, 1.807) is 0 Å². The van der Waals surface area contributed by atoms with E-state index in [9.17, 15) is 4.79 Å². The first-order valence-electron chi connectivity index (χ1n) is 6.22. The lowest BCUT2D eigenvalue weighted by atomic mass is 10.1. The van der Waals surface area contributed by atoms with E-state index in [2.05, 4.69) is 10.0 Å². The van der Waals surface area contributed by atoms with Crippen molar-refractivity contribution in [2.24, 2.45) is 11.0 Å². The van der Waals surface area contributed by atoms with Gasteiger partial charge in [0.05, 0.1) is 0 Å². The molecule has 1 amide bonds. The Morgan fingerprint density at radius 1 is 1.53 bits per heavy atom. The molecule has 0 aromatic heterocycles. The number of nitrogens with zero attached hydrogens (tertiary/aromatic N) is 4. The van der Waals surface area contributed by atoms with E-state index in [0.29, 0.717) is 31.1 Å². The van der Waals surface area contributed by atoms with E-state index in [1.165, 1.54) is 0 Å². The molecule has 1 unspecified atom stereocenters. The van der Waals surface area contributed by atoms with E-state index >= 15 is 0 Å². The lowest BCUT2D eigenvalue weighted by Gasteiger charge is -2.16. The number of halogens is 1. The van der Waals surface area contributed by atoms with Gasteiger partial charge in [0.25, 0.3) is 0 Å². The zero-order valence-corrected chi connectivity index (χ0v) is 11.3. The zero-order valence-electron chi connectivity index (χ0n) is 10.5. The molecule has 5 nitrogen and oxygen atoms in total. The van der Waals surface area contributed by atoms with Gasteiger partial charge < -0.3 is 4.90 Å². The van der Waals surface area contributed by atoms with E-state index in [0.717, 1.165) is 12.0 Å². The number of rotatable bonds is 5. The summed E-state index contributed by atoms with van der Waals surface area (Å²) >= 11 is 5.92. The molecule has 1 aliphatic heterocycles. The third-order valence-electron chi connectivity index (χ3n) is 3.26. The molecular formula is C13H15ClN4O. The first-order chi connectivity index (χ1) is 9.19. The molecule has 100 valence electrons. The van der Waals surface area contributed by atoms with Crippen molar-refractivity contribution in [3.63, 3.8) is 0 Å². The highest BCUT2D eigenvalue weighted by molar-refractivity contribution is 6.30. The van der Waals surface area contributed by atoms with Crippen LogP contribution in [0, 0.1) is 5.92 Å². The molecule has 1 saturated heterocycles. The summed E-state index contributed by atoms with van der Waals surface area (Å²) in [5, 5.41) is 4.25. The Morgan fingerprint density at radius 2 is 2.37 bits per heavy atom. The summed E-state index contributed by atoms with van der Waals surface area (Å²) in [5.41, 5.74) is 9.41. The third kappa shape index (κ3) is 3.88. The molecule has 2 rings (SSSR count). The Labute approximate surface area is 116 Å². The zero-order chi connectivity index (χ0) is 13.7. The van der Waals surface area contributed by atoms with Gasteiger partial charge in [-0.25, -0.2) is 0 Å². The summed E-state index contributed by atoms with van der Waals surface area (Å²) in [6, 6.07) is 7.67. The summed E-state index contributed by atoms with van der Waals surface area (Å²) < 4.78 is 0. The number of azide groups is 1. The molecular weight excluding hydrogens is 264 g/mol. The maximum Gasteiger partial charge on any atom is 0.222 e. The quantitative estimate of drug-likeness (QED) is 0.464. The molecule has 0 N–H and O–H groups in total. The molecule has 1 atom stereocenters. The number of benzene rings is 1. The van der Waals surface area contributed by atoms with E-state index in [-0.39, 0.29) is 11.8 Å². The summed E-state index contributed by atoms with van der Waals surface area (Å²) in [5.74, 6) is 0.294. The summed E-state index contributed by atoms with van der Waals surface area (Å²) in [6.07, 6.45) is 1.27. The van der Waals surface area contributed by atoms with Gasteiger partial charge in [-0.15, -0.1) is 0 Å². The van der Waals surface area contributed by atoms with E-state index in [4.69, 9.17) is 17.1 Å². The fraction of sp³-hybridized carbons (Fsp3) is 0.462. The first-order valence-corrected chi connectivity index (χ1v) is 6.60. The number of carbonyl (C=O) groups excluding carboxylic acids is 1. The Kier molecular flexibility index (Phi) is 4.66. The van der Waals surface area contributed by atoms with E-state index in [1.807, 2.05) is 29.2 Å². The molecule has 1 aliphatic rings. The highest BCUT2D eigenvalue weighted by atomic mass is 35.5. The van der Waals surface area contributed by atoms with Crippen LogP contribution in [0.1, 0.15) is 12.0 Å². The Bertz CT molecular complexity index is 513. The highest BCUT2D eigenvalue weighted by Gasteiger charge is 2.28. The predicted octanol–water partition coefficient (Wildman–Crippen LogP) is 3.04. The molecule has 0 spiro atoms. The molecule has 0 saturated carbocycles. The van der Waals surface area contributed by atoms with Crippen molar-refractivity contribution in [2.45, 2.75) is 12.8 Å². The van der Waals surface area contributed by atoms with Crippen molar-refractivity contribution in [1.82, 2.24) is 4.90 Å². The Morgan fingerprint density at radius 3 is 3.11 bits per heavy atom. The number of hydrogen-bond acceptors (Lipinski definition) is 2. The van der Waals surface area contributed by atoms with Gasteiger partial charge in [-0.2, -0.15) is 0 Å². The summed E-state index contributed by atoms with van der Waals surface area (Å²) in [4.78, 5) is 16.4. The van der Waals surface area contributed by atoms with Crippen molar-refractivity contribution >= 4 is 17.5 Å². The number of amides is 1. The van der Waals surface area contributed by atoms with Crippen molar-refractivity contribution in [2.75, 3.05) is 19.6 Å². The molecule has 6 heteroatoms. The lowest BCUT2D eigenvalue weighted by molar-refractivity contribution is -0.127. The second kappa shape index (κ2) is 6.45. The average Bonchev–Trinajstić information content (AvgIpc) is 2.75. The summed E-state index contributed by atoms with van der Waals surface area (Å²) in [7, 11) is 0. The smallest absolute Gasteiger partial charge is 0.222 e. The van der Waals surface area contributed by atoms with Gasteiger partial charge in [-0.1, -0.05) is 28.8 Å². The van der Waals surface area contributed by atoms with Crippen LogP contribution in [0.4, 0.5) is 0 Å². The van der Waals surface area contributed by atoms with Crippen LogP contribution in [0.15, 0.2) is 29.4 Å². The van der Waals surface area contributed by atoms with Crippen molar-refractivity contribution < 1.29 is 4.79 Å². The fourth-order valence-electron chi connectivity index (χ4n) is 2.30. The highest BCUT2D eigenvalue weighted by Crippen LogP contribution is 2.19. The van der Waals surface area contributed by atoms with Gasteiger partial charge in [-0.05, 0) is 35.6 Å². The fourth-order valence-corrected chi connectivity index (χ4v) is 2.51. The van der Waals surface area contributed by atoms with Crippen LogP contribution in [0.2, 0.25) is 5.02 Å². The van der Waals surface area contributed by atoms with Crippen LogP contribution in [0.5, 0.6) is 0 Å². The predicted molar refractivity (Wildman–Crippen MR) is 73.9 cm³/mol. The van der Waals surface area contributed by atoms with Crippen LogP contribution in [0.25, 0.3) is 10.4 Å². The van der Waals surface area contributed by atoms with Gasteiger partial charge >= 0.3 is 0 Å². The van der Waals surface area contributed by atoms with Crippen LogP contribution >= 0.6 is 11.6 Å². The topological polar surface area (TPSA) is 69.1 Å². The maximum atomic E-state index is 11.8. The Balaban J connectivity index is 1.86. The molecule has 0 radical (unpaired) electrons. The van der Waals surface area contributed by atoms with Gasteiger partial charge in [-0.3, -0.25) is 4.79 Å². The van der Waals surface area contributed by atoms with Crippen molar-refractivity contribution in [3.05, 3.63) is 45.3 Å². The van der Waals surface area contributed by atoms with Crippen molar-refractivity contribution in [1.29, 1.82) is 0 Å². The minimum atomic E-state index is 0.139. The van der Waals surface area contributed by atoms with Gasteiger partial charge in [0.2, 0.25) is 5.91 Å². The van der Waals surface area contributed by atoms with E-state index < -0.39 is 0 Å². The molecule has 1 aromatic rings. The second-order valence-electron chi connectivity index (χ2n) is 4.70. The average molecular weight is 279 g/mol. The largest absolute Gasteiger partial charge is 0.342 e. The minimum absolute atomic E-state index is 0.139. The monoisotopic (exact) mass is 278 g/mol. The van der Waals surface area contributed by atoms with Gasteiger partial charge in [0, 0.05) is 36.0 Å². The molecule has 0 bridgehead atoms. The minimum Gasteiger partial charge on any atom is -0.342 e. The Hall–Kier alpha value is -1.71. The maximum absolute atomic E-state index is 11.8. The molecule has 0 aliphatic carbocycles. The normalized spacial score (nSPS) is 18.5.